The maximum absolute atomic E-state index is 12.7. The summed E-state index contributed by atoms with van der Waals surface area (Å²) >= 11 is 0. The third kappa shape index (κ3) is 3.18. The minimum Gasteiger partial charge on any atom is -0.356 e. The number of imide groups is 1. The maximum Gasteiger partial charge on any atom is 0.233 e. The molecule has 0 spiro atoms. The van der Waals surface area contributed by atoms with Gasteiger partial charge >= 0.3 is 0 Å². The zero-order chi connectivity index (χ0) is 19.7. The molecule has 1 aliphatic heterocycles. The van der Waals surface area contributed by atoms with E-state index in [2.05, 4.69) is 38.0 Å². The summed E-state index contributed by atoms with van der Waals surface area (Å²) in [5.74, 6) is 1.85. The molecule has 2 heterocycles. The van der Waals surface area contributed by atoms with Crippen molar-refractivity contribution in [3.05, 3.63) is 24.3 Å². The number of guanidine groups is 1. The lowest BCUT2D eigenvalue weighted by atomic mass is 9.85. The van der Waals surface area contributed by atoms with Crippen LogP contribution in [0.4, 0.5) is 0 Å². The smallest absolute Gasteiger partial charge is 0.233 e. The topological polar surface area (TPSA) is 105 Å². The molecule has 4 rings (SSSR count). The molecule has 1 saturated carbocycles. The van der Waals surface area contributed by atoms with Crippen molar-refractivity contribution in [2.45, 2.75) is 32.9 Å². The molecule has 1 saturated heterocycles. The summed E-state index contributed by atoms with van der Waals surface area (Å²) in [6.07, 6.45) is 7.60. The summed E-state index contributed by atoms with van der Waals surface area (Å²) in [6.45, 7) is 4.45. The van der Waals surface area contributed by atoms with E-state index in [0.717, 1.165) is 18.8 Å². The van der Waals surface area contributed by atoms with Gasteiger partial charge in [-0.25, -0.2) is 0 Å². The number of nitrogens with zero attached hydrogens (tertiary/aromatic N) is 5. The van der Waals surface area contributed by atoms with E-state index in [-0.39, 0.29) is 35.5 Å². The molecule has 2 bridgehead atoms. The first-order valence-corrected chi connectivity index (χ1v) is 9.98. The Bertz CT molecular complexity index is 785. The van der Waals surface area contributed by atoms with Gasteiger partial charge in [0.05, 0.1) is 18.4 Å². The van der Waals surface area contributed by atoms with Crippen LogP contribution in [-0.4, -0.2) is 57.6 Å². The summed E-state index contributed by atoms with van der Waals surface area (Å²) in [6, 6.07) is 0. The Morgan fingerprint density at radius 3 is 2.57 bits per heavy atom. The lowest BCUT2D eigenvalue weighted by Crippen LogP contribution is -2.40. The van der Waals surface area contributed by atoms with E-state index < -0.39 is 0 Å². The molecular weight excluding hydrogens is 358 g/mol. The molecule has 2 fully saturated rings. The maximum atomic E-state index is 12.7. The molecular formula is C19H27N7O2. The van der Waals surface area contributed by atoms with Crippen molar-refractivity contribution in [2.24, 2.45) is 28.7 Å². The first-order valence-electron chi connectivity index (χ1n) is 9.98. The van der Waals surface area contributed by atoms with Gasteiger partial charge in [-0.1, -0.05) is 12.2 Å². The van der Waals surface area contributed by atoms with Crippen molar-refractivity contribution >= 4 is 17.8 Å². The number of aryl methyl sites for hydroxylation is 1. The van der Waals surface area contributed by atoms with Crippen molar-refractivity contribution in [1.82, 2.24) is 30.3 Å². The average molecular weight is 385 g/mol. The first kappa shape index (κ1) is 18.6. The minimum atomic E-state index is -0.110. The van der Waals surface area contributed by atoms with Gasteiger partial charge in [-0.15, -0.1) is 10.2 Å². The number of hydrogen-bond acceptors (Lipinski definition) is 5. The van der Waals surface area contributed by atoms with Crippen molar-refractivity contribution in [3.8, 4) is 0 Å². The van der Waals surface area contributed by atoms with Gasteiger partial charge in [-0.2, -0.15) is 0 Å². The molecule has 2 amide bonds. The van der Waals surface area contributed by atoms with Crippen LogP contribution in [-0.2, 0) is 22.7 Å². The fraction of sp³-hybridized carbons (Fsp3) is 0.632. The van der Waals surface area contributed by atoms with Gasteiger partial charge in [0.2, 0.25) is 11.8 Å². The summed E-state index contributed by atoms with van der Waals surface area (Å²) in [5, 5.41) is 14.4. The van der Waals surface area contributed by atoms with E-state index in [0.29, 0.717) is 32.0 Å². The Morgan fingerprint density at radius 2 is 1.93 bits per heavy atom. The number of carbonyl (C=O) groups excluding carboxylic acids is 2. The first-order chi connectivity index (χ1) is 13.6. The molecule has 3 aliphatic rings. The number of amides is 2. The highest BCUT2D eigenvalue weighted by molar-refractivity contribution is 6.06. The second-order valence-electron chi connectivity index (χ2n) is 7.57. The number of hydrogen-bond donors (Lipinski definition) is 2. The molecule has 2 aliphatic carbocycles. The summed E-state index contributed by atoms with van der Waals surface area (Å²) in [4.78, 5) is 31.0. The van der Waals surface area contributed by atoms with E-state index in [1.165, 1.54) is 4.90 Å². The third-order valence-electron chi connectivity index (χ3n) is 6.09. The van der Waals surface area contributed by atoms with Gasteiger partial charge in [-0.3, -0.25) is 19.5 Å². The van der Waals surface area contributed by atoms with E-state index in [4.69, 9.17) is 0 Å². The number of aromatic nitrogens is 3. The molecule has 9 heteroatoms. The fourth-order valence-electron chi connectivity index (χ4n) is 4.69. The third-order valence-corrected chi connectivity index (χ3v) is 6.09. The second kappa shape index (κ2) is 7.73. The van der Waals surface area contributed by atoms with Gasteiger partial charge in [0.15, 0.2) is 11.8 Å². The molecule has 1 aromatic heterocycles. The molecule has 9 nitrogen and oxygen atoms in total. The summed E-state index contributed by atoms with van der Waals surface area (Å²) in [7, 11) is 1.71. The number of nitrogens with one attached hydrogen (secondary N) is 2. The number of allylic oxidation sites excluding steroid dienone is 2. The van der Waals surface area contributed by atoms with Crippen LogP contribution in [0.3, 0.4) is 0 Å². The molecule has 2 N–H and O–H groups in total. The van der Waals surface area contributed by atoms with Crippen LogP contribution in [0.1, 0.15) is 25.6 Å². The van der Waals surface area contributed by atoms with E-state index in [9.17, 15) is 9.59 Å². The predicted molar refractivity (Wildman–Crippen MR) is 103 cm³/mol. The molecule has 150 valence electrons. The van der Waals surface area contributed by atoms with Crippen molar-refractivity contribution in [2.75, 3.05) is 20.1 Å². The van der Waals surface area contributed by atoms with Gasteiger partial charge in [-0.05, 0) is 31.6 Å². The monoisotopic (exact) mass is 385 g/mol. The lowest BCUT2D eigenvalue weighted by molar-refractivity contribution is -0.140. The Hall–Kier alpha value is -2.71. The standard InChI is InChI=1S/C19H27N7O2/c1-3-25-11-23-24-14(25)10-22-19(20-2)21-7-4-8-26-17(27)15-12-5-6-13(9-12)16(15)18(26)28/h5-6,11-13,15-16H,3-4,7-10H2,1-2H3,(H2,20,21,22). The highest BCUT2D eigenvalue weighted by atomic mass is 16.2. The van der Waals surface area contributed by atoms with Crippen molar-refractivity contribution in [1.29, 1.82) is 0 Å². The van der Waals surface area contributed by atoms with Crippen LogP contribution in [0.15, 0.2) is 23.5 Å². The SMILES string of the molecule is CCn1cnnc1CNC(=NC)NCCCN1C(=O)C2C3C=CC(C3)C2C1=O. The van der Waals surface area contributed by atoms with Crippen LogP contribution in [0.25, 0.3) is 0 Å². The normalized spacial score (nSPS) is 28.4. The second-order valence-corrected chi connectivity index (χ2v) is 7.57. The van der Waals surface area contributed by atoms with Crippen LogP contribution in [0.2, 0.25) is 0 Å². The van der Waals surface area contributed by atoms with E-state index in [1.807, 2.05) is 11.5 Å². The molecule has 0 aromatic carbocycles. The van der Waals surface area contributed by atoms with Gasteiger partial charge in [0.1, 0.15) is 6.33 Å². The fourth-order valence-corrected chi connectivity index (χ4v) is 4.69. The van der Waals surface area contributed by atoms with Crippen LogP contribution in [0, 0.1) is 23.7 Å². The van der Waals surface area contributed by atoms with Gasteiger partial charge < -0.3 is 15.2 Å². The Kier molecular flexibility index (Phi) is 5.15. The van der Waals surface area contributed by atoms with Gasteiger partial charge in [0, 0.05) is 26.7 Å². The van der Waals surface area contributed by atoms with Crippen LogP contribution < -0.4 is 10.6 Å². The molecule has 4 unspecified atom stereocenters. The van der Waals surface area contributed by atoms with Crippen LogP contribution in [0.5, 0.6) is 0 Å². The van der Waals surface area contributed by atoms with E-state index in [1.54, 1.807) is 13.4 Å². The number of carbonyl (C=O) groups is 2. The zero-order valence-electron chi connectivity index (χ0n) is 16.3. The average Bonchev–Trinajstić information content (AvgIpc) is 3.47. The van der Waals surface area contributed by atoms with Crippen molar-refractivity contribution in [3.63, 3.8) is 0 Å². The molecule has 1 aromatic rings. The predicted octanol–water partition coefficient (Wildman–Crippen LogP) is 0.160. The zero-order valence-corrected chi connectivity index (χ0v) is 16.3. The Balaban J connectivity index is 1.22. The molecule has 28 heavy (non-hydrogen) atoms. The number of fused-ring (bicyclic) bond motifs is 5. The number of likely N-dealkylation sites (tertiary alicyclic amines) is 1. The summed E-state index contributed by atoms with van der Waals surface area (Å²) in [5.41, 5.74) is 0. The quantitative estimate of drug-likeness (QED) is 0.228. The van der Waals surface area contributed by atoms with Gasteiger partial charge in [0.25, 0.3) is 0 Å². The molecule has 4 atom stereocenters. The van der Waals surface area contributed by atoms with Crippen LogP contribution >= 0.6 is 0 Å². The number of aliphatic imine (C=N–C) groups is 1. The number of rotatable bonds is 7. The Morgan fingerprint density at radius 1 is 1.21 bits per heavy atom. The lowest BCUT2D eigenvalue weighted by Gasteiger charge is -2.18. The van der Waals surface area contributed by atoms with E-state index >= 15 is 0 Å². The Labute approximate surface area is 164 Å². The van der Waals surface area contributed by atoms with Crippen molar-refractivity contribution < 1.29 is 9.59 Å². The molecule has 0 radical (unpaired) electrons. The largest absolute Gasteiger partial charge is 0.356 e. The summed E-state index contributed by atoms with van der Waals surface area (Å²) < 4.78 is 1.96. The minimum absolute atomic E-state index is 0.0215. The highest BCUT2D eigenvalue weighted by Crippen LogP contribution is 2.52. The highest BCUT2D eigenvalue weighted by Gasteiger charge is 2.58.